The molecule has 0 aliphatic heterocycles. The van der Waals surface area contributed by atoms with E-state index < -0.39 is 18.0 Å². The monoisotopic (exact) mass is 285 g/mol. The summed E-state index contributed by atoms with van der Waals surface area (Å²) in [5, 5.41) is 16.7. The van der Waals surface area contributed by atoms with Crippen LogP contribution in [0.3, 0.4) is 0 Å². The first kappa shape index (κ1) is 16.3. The standard InChI is InChI=1S/C13H23N3O4/c1-8(2)11(12(18)19)16-13(20)14-7-3-4-10(17)15-9-5-6-9/h8-9,11H,3-7H2,1-2H3,(H,15,17)(H,18,19)(H2,14,16,20)/t11-/m1/s1. The molecule has 4 N–H and O–H groups in total. The molecule has 7 nitrogen and oxygen atoms in total. The topological polar surface area (TPSA) is 108 Å². The molecule has 1 saturated carbocycles. The maximum atomic E-state index is 11.5. The Morgan fingerprint density at radius 3 is 2.40 bits per heavy atom. The van der Waals surface area contributed by atoms with E-state index in [1.807, 2.05) is 0 Å². The molecule has 0 aromatic heterocycles. The van der Waals surface area contributed by atoms with Gasteiger partial charge in [-0.15, -0.1) is 0 Å². The van der Waals surface area contributed by atoms with Crippen LogP contribution in [0.25, 0.3) is 0 Å². The Morgan fingerprint density at radius 2 is 1.90 bits per heavy atom. The van der Waals surface area contributed by atoms with Crippen LogP contribution < -0.4 is 16.0 Å². The van der Waals surface area contributed by atoms with Crippen LogP contribution in [0.4, 0.5) is 4.79 Å². The van der Waals surface area contributed by atoms with Gasteiger partial charge < -0.3 is 21.1 Å². The van der Waals surface area contributed by atoms with Crippen LogP contribution in [0.5, 0.6) is 0 Å². The fraction of sp³-hybridized carbons (Fsp3) is 0.769. The lowest BCUT2D eigenvalue weighted by Crippen LogP contribution is -2.48. The molecule has 0 unspecified atom stereocenters. The highest BCUT2D eigenvalue weighted by Crippen LogP contribution is 2.18. The zero-order valence-corrected chi connectivity index (χ0v) is 11.9. The zero-order valence-electron chi connectivity index (χ0n) is 11.9. The van der Waals surface area contributed by atoms with Crippen LogP contribution in [0.1, 0.15) is 39.5 Å². The summed E-state index contributed by atoms with van der Waals surface area (Å²) in [6, 6.07) is -1.08. The molecule has 0 spiro atoms. The minimum Gasteiger partial charge on any atom is -0.480 e. The normalized spacial score (nSPS) is 15.6. The van der Waals surface area contributed by atoms with E-state index >= 15 is 0 Å². The quantitative estimate of drug-likeness (QED) is 0.486. The van der Waals surface area contributed by atoms with Gasteiger partial charge in [0.1, 0.15) is 6.04 Å². The summed E-state index contributed by atoms with van der Waals surface area (Å²) in [6.07, 6.45) is 3.01. The highest BCUT2D eigenvalue weighted by atomic mass is 16.4. The van der Waals surface area contributed by atoms with Gasteiger partial charge in [0, 0.05) is 19.0 Å². The molecular formula is C13H23N3O4. The van der Waals surface area contributed by atoms with Crippen molar-refractivity contribution < 1.29 is 19.5 Å². The van der Waals surface area contributed by atoms with E-state index in [9.17, 15) is 14.4 Å². The van der Waals surface area contributed by atoms with Crippen molar-refractivity contribution in [2.45, 2.75) is 51.6 Å². The first-order chi connectivity index (χ1) is 9.40. The third-order valence-electron chi connectivity index (χ3n) is 3.03. The third kappa shape index (κ3) is 6.40. The molecule has 20 heavy (non-hydrogen) atoms. The minimum atomic E-state index is -1.06. The summed E-state index contributed by atoms with van der Waals surface area (Å²) >= 11 is 0. The van der Waals surface area contributed by atoms with E-state index in [1.165, 1.54) is 0 Å². The lowest BCUT2D eigenvalue weighted by Gasteiger charge is -2.18. The highest BCUT2D eigenvalue weighted by molar-refractivity contribution is 5.82. The summed E-state index contributed by atoms with van der Waals surface area (Å²) in [5.41, 5.74) is 0. The summed E-state index contributed by atoms with van der Waals surface area (Å²) < 4.78 is 0. The second-order valence-electron chi connectivity index (χ2n) is 5.41. The minimum absolute atomic E-state index is 0.000279. The van der Waals surface area contributed by atoms with E-state index in [0.29, 0.717) is 25.4 Å². The van der Waals surface area contributed by atoms with Gasteiger partial charge in [0.25, 0.3) is 0 Å². The smallest absolute Gasteiger partial charge is 0.326 e. The number of hydrogen-bond acceptors (Lipinski definition) is 3. The van der Waals surface area contributed by atoms with Gasteiger partial charge >= 0.3 is 12.0 Å². The highest BCUT2D eigenvalue weighted by Gasteiger charge is 2.24. The van der Waals surface area contributed by atoms with Gasteiger partial charge in [-0.1, -0.05) is 13.8 Å². The van der Waals surface area contributed by atoms with Crippen molar-refractivity contribution >= 4 is 17.9 Å². The van der Waals surface area contributed by atoms with Gasteiger partial charge in [0.15, 0.2) is 0 Å². The SMILES string of the molecule is CC(C)[C@@H](NC(=O)NCCCC(=O)NC1CC1)C(=O)O. The first-order valence-electron chi connectivity index (χ1n) is 6.96. The molecule has 0 heterocycles. The molecule has 7 heteroatoms. The number of aliphatic carboxylic acids is 1. The summed E-state index contributed by atoms with van der Waals surface area (Å²) in [5.74, 6) is -1.25. The van der Waals surface area contributed by atoms with Gasteiger partial charge in [-0.3, -0.25) is 4.79 Å². The molecule has 1 rings (SSSR count). The van der Waals surface area contributed by atoms with Crippen LogP contribution >= 0.6 is 0 Å². The van der Waals surface area contributed by atoms with Crippen LogP contribution in [0.2, 0.25) is 0 Å². The van der Waals surface area contributed by atoms with Crippen molar-refractivity contribution in [2.75, 3.05) is 6.54 Å². The molecule has 1 aliphatic carbocycles. The molecule has 1 aliphatic rings. The van der Waals surface area contributed by atoms with Crippen molar-refractivity contribution in [1.82, 2.24) is 16.0 Å². The fourth-order valence-corrected chi connectivity index (χ4v) is 1.68. The van der Waals surface area contributed by atoms with Crippen LogP contribution in [-0.4, -0.2) is 41.6 Å². The molecule has 0 radical (unpaired) electrons. The van der Waals surface area contributed by atoms with Crippen molar-refractivity contribution in [1.29, 1.82) is 0 Å². The molecule has 0 bridgehead atoms. The average molecular weight is 285 g/mol. The molecule has 1 atom stereocenters. The largest absolute Gasteiger partial charge is 0.480 e. The number of nitrogens with one attached hydrogen (secondary N) is 3. The van der Waals surface area contributed by atoms with Crippen molar-refractivity contribution in [3.8, 4) is 0 Å². The van der Waals surface area contributed by atoms with E-state index in [2.05, 4.69) is 16.0 Å². The Balaban J connectivity index is 2.12. The third-order valence-corrected chi connectivity index (χ3v) is 3.03. The zero-order chi connectivity index (χ0) is 15.1. The van der Waals surface area contributed by atoms with Gasteiger partial charge in [-0.25, -0.2) is 9.59 Å². The Kier molecular flexibility index (Phi) is 6.27. The lowest BCUT2D eigenvalue weighted by molar-refractivity contribution is -0.140. The van der Waals surface area contributed by atoms with E-state index in [-0.39, 0.29) is 11.8 Å². The summed E-state index contributed by atoms with van der Waals surface area (Å²) in [4.78, 5) is 33.8. The molecule has 0 aromatic carbocycles. The van der Waals surface area contributed by atoms with Crippen molar-refractivity contribution in [3.05, 3.63) is 0 Å². The molecule has 0 aromatic rings. The molecule has 1 fully saturated rings. The number of carboxylic acid groups (broad SMARTS) is 1. The number of hydrogen-bond donors (Lipinski definition) is 4. The second-order valence-corrected chi connectivity index (χ2v) is 5.41. The van der Waals surface area contributed by atoms with Crippen LogP contribution in [-0.2, 0) is 9.59 Å². The fourth-order valence-electron chi connectivity index (χ4n) is 1.68. The lowest BCUT2D eigenvalue weighted by atomic mass is 10.1. The molecular weight excluding hydrogens is 262 g/mol. The van der Waals surface area contributed by atoms with Gasteiger partial charge in [-0.05, 0) is 25.2 Å². The maximum absolute atomic E-state index is 11.5. The van der Waals surface area contributed by atoms with E-state index in [1.54, 1.807) is 13.8 Å². The molecule has 114 valence electrons. The second kappa shape index (κ2) is 7.72. The van der Waals surface area contributed by atoms with E-state index in [0.717, 1.165) is 12.8 Å². The molecule has 3 amide bonds. The number of carbonyl (C=O) groups is 3. The van der Waals surface area contributed by atoms with Gasteiger partial charge in [-0.2, -0.15) is 0 Å². The number of carbonyl (C=O) groups excluding carboxylic acids is 2. The van der Waals surface area contributed by atoms with Gasteiger partial charge in [0.2, 0.25) is 5.91 Å². The Hall–Kier alpha value is -1.79. The first-order valence-corrected chi connectivity index (χ1v) is 6.96. The maximum Gasteiger partial charge on any atom is 0.326 e. The van der Waals surface area contributed by atoms with Crippen LogP contribution in [0.15, 0.2) is 0 Å². The van der Waals surface area contributed by atoms with Crippen molar-refractivity contribution in [3.63, 3.8) is 0 Å². The predicted molar refractivity (Wildman–Crippen MR) is 73.2 cm³/mol. The number of rotatable bonds is 8. The predicted octanol–water partition coefficient (Wildman–Crippen LogP) is 0.454. The number of urea groups is 1. The van der Waals surface area contributed by atoms with Crippen molar-refractivity contribution in [2.24, 2.45) is 5.92 Å². The Morgan fingerprint density at radius 1 is 1.25 bits per heavy atom. The average Bonchev–Trinajstić information content (AvgIpc) is 3.14. The van der Waals surface area contributed by atoms with Crippen LogP contribution in [0, 0.1) is 5.92 Å². The summed E-state index contributed by atoms with van der Waals surface area (Å²) in [7, 11) is 0. The number of carboxylic acids is 1. The van der Waals surface area contributed by atoms with E-state index in [4.69, 9.17) is 5.11 Å². The summed E-state index contributed by atoms with van der Waals surface area (Å²) in [6.45, 7) is 3.79. The number of amides is 3. The Labute approximate surface area is 118 Å². The Bertz CT molecular complexity index is 367. The van der Waals surface area contributed by atoms with Gasteiger partial charge in [0.05, 0.1) is 0 Å². The molecule has 0 saturated heterocycles.